The second kappa shape index (κ2) is 8.48. The lowest BCUT2D eigenvalue weighted by Gasteiger charge is -2.29. The van der Waals surface area contributed by atoms with Gasteiger partial charge in [-0.15, -0.1) is 0 Å². The summed E-state index contributed by atoms with van der Waals surface area (Å²) < 4.78 is 6.57. The van der Waals surface area contributed by atoms with Gasteiger partial charge in [0.25, 0.3) is 17.5 Å². The fourth-order valence-electron chi connectivity index (χ4n) is 3.25. The van der Waals surface area contributed by atoms with Crippen molar-refractivity contribution in [3.63, 3.8) is 0 Å². The van der Waals surface area contributed by atoms with Crippen LogP contribution in [-0.4, -0.2) is 21.9 Å². The Bertz CT molecular complexity index is 1330. The van der Waals surface area contributed by atoms with E-state index >= 15 is 0 Å². The van der Waals surface area contributed by atoms with Gasteiger partial charge in [-0.1, -0.05) is 28.1 Å². The van der Waals surface area contributed by atoms with Crippen molar-refractivity contribution in [2.45, 2.75) is 6.92 Å². The molecule has 0 saturated carbocycles. The van der Waals surface area contributed by atoms with E-state index in [0.29, 0.717) is 17.0 Å². The Morgan fingerprint density at radius 3 is 2.66 bits per heavy atom. The predicted molar refractivity (Wildman–Crippen MR) is 126 cm³/mol. The first-order valence-corrected chi connectivity index (χ1v) is 10.5. The fourth-order valence-corrected chi connectivity index (χ4v) is 4.00. The zero-order valence-electron chi connectivity index (χ0n) is 16.5. The zero-order valence-corrected chi connectivity index (χ0v) is 18.9. The maximum absolute atomic E-state index is 13.2. The summed E-state index contributed by atoms with van der Waals surface area (Å²) in [4.78, 5) is 37.4. The molecule has 160 valence electrons. The molecule has 0 aliphatic carbocycles. The van der Waals surface area contributed by atoms with Gasteiger partial charge in [-0.25, -0.2) is 0 Å². The Labute approximate surface area is 195 Å². The number of furan rings is 1. The standard InChI is InChI=1S/C22H14BrN3O5S/c1-12-9-14(23)5-7-18(12)25-21(28)17(20(27)24-22(25)32)11-16-6-8-19(31-16)13-3-2-4-15(10-13)26(29)30/h2-11H,1H3,(H,24,27,32)/b17-11+. The van der Waals surface area contributed by atoms with Crippen LogP contribution in [0.15, 0.2) is 69.1 Å². The lowest BCUT2D eigenvalue weighted by atomic mass is 10.1. The Kier molecular flexibility index (Phi) is 5.72. The maximum Gasteiger partial charge on any atom is 0.270 e. The minimum Gasteiger partial charge on any atom is -0.457 e. The molecular weight excluding hydrogens is 498 g/mol. The van der Waals surface area contributed by atoms with Gasteiger partial charge in [0.1, 0.15) is 17.1 Å². The Morgan fingerprint density at radius 2 is 1.94 bits per heavy atom. The fraction of sp³-hybridized carbons (Fsp3) is 0.0455. The molecule has 0 bridgehead atoms. The number of benzene rings is 2. The highest BCUT2D eigenvalue weighted by atomic mass is 79.9. The molecule has 2 amide bonds. The van der Waals surface area contributed by atoms with Gasteiger partial charge in [0.2, 0.25) is 0 Å². The van der Waals surface area contributed by atoms with Crippen molar-refractivity contribution in [2.75, 3.05) is 4.90 Å². The number of thiocarbonyl (C=S) groups is 1. The van der Waals surface area contributed by atoms with E-state index in [-0.39, 0.29) is 22.1 Å². The third kappa shape index (κ3) is 4.10. The number of nitrogens with zero attached hydrogens (tertiary/aromatic N) is 2. The van der Waals surface area contributed by atoms with Gasteiger partial charge in [-0.3, -0.25) is 29.9 Å². The van der Waals surface area contributed by atoms with Gasteiger partial charge >= 0.3 is 0 Å². The molecular formula is C22H14BrN3O5S. The van der Waals surface area contributed by atoms with E-state index in [4.69, 9.17) is 16.6 Å². The van der Waals surface area contributed by atoms with Gasteiger partial charge in [-0.2, -0.15) is 0 Å². The number of amides is 2. The van der Waals surface area contributed by atoms with Crippen LogP contribution in [-0.2, 0) is 9.59 Å². The van der Waals surface area contributed by atoms with E-state index in [2.05, 4.69) is 21.2 Å². The summed E-state index contributed by atoms with van der Waals surface area (Å²) in [5, 5.41) is 13.5. The van der Waals surface area contributed by atoms with E-state index in [1.54, 1.807) is 36.4 Å². The first kappa shape index (κ1) is 21.6. The molecule has 1 N–H and O–H groups in total. The number of carbonyl (C=O) groups excluding carboxylic acids is 2. The van der Waals surface area contributed by atoms with Crippen LogP contribution >= 0.6 is 28.1 Å². The number of non-ortho nitro benzene ring substituents is 1. The molecule has 1 aliphatic rings. The van der Waals surface area contributed by atoms with Crippen molar-refractivity contribution in [3.05, 3.63) is 86.1 Å². The summed E-state index contributed by atoms with van der Waals surface area (Å²) in [6.07, 6.45) is 1.32. The van der Waals surface area contributed by atoms with Crippen LogP contribution < -0.4 is 10.2 Å². The maximum atomic E-state index is 13.2. The van der Waals surface area contributed by atoms with Crippen molar-refractivity contribution >= 4 is 62.5 Å². The molecule has 0 spiro atoms. The van der Waals surface area contributed by atoms with Crippen LogP contribution in [0.25, 0.3) is 17.4 Å². The van der Waals surface area contributed by atoms with E-state index in [1.165, 1.54) is 23.1 Å². The topological polar surface area (TPSA) is 106 Å². The SMILES string of the molecule is Cc1cc(Br)ccc1N1C(=O)/C(=C/c2ccc(-c3cccc([N+](=O)[O-])c3)o2)C(=O)NC1=S. The number of aryl methyl sites for hydroxylation is 1. The smallest absolute Gasteiger partial charge is 0.270 e. The summed E-state index contributed by atoms with van der Waals surface area (Å²) in [6, 6.07) is 14.5. The normalized spacial score (nSPS) is 15.2. The first-order chi connectivity index (χ1) is 15.2. The number of halogens is 1. The molecule has 1 aliphatic heterocycles. The number of hydrogen-bond acceptors (Lipinski definition) is 6. The number of carbonyl (C=O) groups is 2. The highest BCUT2D eigenvalue weighted by Crippen LogP contribution is 2.29. The van der Waals surface area contributed by atoms with Crippen LogP contribution in [0.5, 0.6) is 0 Å². The highest BCUT2D eigenvalue weighted by molar-refractivity contribution is 9.10. The quantitative estimate of drug-likeness (QED) is 0.178. The molecule has 0 radical (unpaired) electrons. The second-order valence-electron chi connectivity index (χ2n) is 6.90. The lowest BCUT2D eigenvalue weighted by Crippen LogP contribution is -2.54. The molecule has 8 nitrogen and oxygen atoms in total. The Balaban J connectivity index is 1.68. The van der Waals surface area contributed by atoms with Crippen molar-refractivity contribution in [1.29, 1.82) is 0 Å². The van der Waals surface area contributed by atoms with E-state index < -0.39 is 16.7 Å². The van der Waals surface area contributed by atoms with Crippen LogP contribution in [0.4, 0.5) is 11.4 Å². The molecule has 0 unspecified atom stereocenters. The minimum atomic E-state index is -0.640. The summed E-state index contributed by atoms with van der Waals surface area (Å²) in [5.74, 6) is -0.623. The lowest BCUT2D eigenvalue weighted by molar-refractivity contribution is -0.384. The third-order valence-corrected chi connectivity index (χ3v) is 5.53. The molecule has 32 heavy (non-hydrogen) atoms. The number of nitro benzene ring substituents is 1. The monoisotopic (exact) mass is 511 g/mol. The average molecular weight is 512 g/mol. The van der Waals surface area contributed by atoms with Gasteiger partial charge in [0.15, 0.2) is 5.11 Å². The summed E-state index contributed by atoms with van der Waals surface area (Å²) in [7, 11) is 0. The minimum absolute atomic E-state index is 0.0145. The molecule has 2 heterocycles. The summed E-state index contributed by atoms with van der Waals surface area (Å²) >= 11 is 8.61. The Hall–Kier alpha value is -3.63. The number of anilines is 1. The van der Waals surface area contributed by atoms with Gasteiger partial charge < -0.3 is 4.42 Å². The third-order valence-electron chi connectivity index (χ3n) is 4.76. The molecule has 1 fully saturated rings. The van der Waals surface area contributed by atoms with Gasteiger partial charge in [0.05, 0.1) is 10.6 Å². The molecule has 2 aromatic carbocycles. The first-order valence-electron chi connectivity index (χ1n) is 9.27. The van der Waals surface area contributed by atoms with Gasteiger partial charge in [0, 0.05) is 22.2 Å². The molecule has 4 rings (SSSR count). The van der Waals surface area contributed by atoms with Crippen molar-refractivity contribution in [1.82, 2.24) is 5.32 Å². The van der Waals surface area contributed by atoms with Gasteiger partial charge in [-0.05, 0) is 61.1 Å². The molecule has 10 heteroatoms. The van der Waals surface area contributed by atoms with Crippen LogP contribution in [0.3, 0.4) is 0 Å². The van der Waals surface area contributed by atoms with Crippen molar-refractivity contribution < 1.29 is 18.9 Å². The van der Waals surface area contributed by atoms with Crippen LogP contribution in [0, 0.1) is 17.0 Å². The zero-order chi connectivity index (χ0) is 23.0. The van der Waals surface area contributed by atoms with E-state index in [1.807, 2.05) is 13.0 Å². The highest BCUT2D eigenvalue weighted by Gasteiger charge is 2.35. The average Bonchev–Trinajstić information content (AvgIpc) is 3.21. The van der Waals surface area contributed by atoms with Crippen molar-refractivity contribution in [2.24, 2.45) is 0 Å². The predicted octanol–water partition coefficient (Wildman–Crippen LogP) is 4.76. The van der Waals surface area contributed by atoms with Crippen LogP contribution in [0.2, 0.25) is 0 Å². The molecule has 1 saturated heterocycles. The summed E-state index contributed by atoms with van der Waals surface area (Å²) in [5.41, 5.74) is 1.61. The molecule has 1 aromatic heterocycles. The molecule has 0 atom stereocenters. The number of rotatable bonds is 4. The van der Waals surface area contributed by atoms with E-state index in [9.17, 15) is 19.7 Å². The molecule has 3 aromatic rings. The largest absolute Gasteiger partial charge is 0.457 e. The number of hydrogen-bond donors (Lipinski definition) is 1. The number of nitrogens with one attached hydrogen (secondary N) is 1. The number of nitro groups is 1. The van der Waals surface area contributed by atoms with Crippen molar-refractivity contribution in [3.8, 4) is 11.3 Å². The van der Waals surface area contributed by atoms with Crippen LogP contribution in [0.1, 0.15) is 11.3 Å². The summed E-state index contributed by atoms with van der Waals surface area (Å²) in [6.45, 7) is 1.83. The second-order valence-corrected chi connectivity index (χ2v) is 8.20. The Morgan fingerprint density at radius 1 is 1.16 bits per heavy atom. The van der Waals surface area contributed by atoms with E-state index in [0.717, 1.165) is 10.0 Å².